The first-order valence-electron chi connectivity index (χ1n) is 9.35. The number of para-hydroxylation sites is 1. The van der Waals surface area contributed by atoms with Crippen molar-refractivity contribution in [2.75, 3.05) is 22.7 Å². The number of hydrogen-bond acceptors (Lipinski definition) is 6. The average molecular weight is 435 g/mol. The third kappa shape index (κ3) is 6.18. The number of rotatable bonds is 8. The Labute approximate surface area is 176 Å². The maximum Gasteiger partial charge on any atom is 0.293 e. The molecule has 9 nitrogen and oxygen atoms in total. The van der Waals surface area contributed by atoms with Crippen molar-refractivity contribution in [3.63, 3.8) is 0 Å². The van der Waals surface area contributed by atoms with Crippen molar-refractivity contribution < 1.29 is 18.1 Å². The standard InChI is InChI=1S/C20H26N4O5S/c1-5-23(14-19(25)21-20(2,3)4)17-12-11-16(13-18(17)24(26)27)30(28,29)22-15-9-7-6-8-10-15/h6-13,22H,5,14H2,1-4H3,(H,21,25). The van der Waals surface area contributed by atoms with Gasteiger partial charge in [-0.1, -0.05) is 18.2 Å². The molecule has 0 aliphatic carbocycles. The molecule has 0 heterocycles. The topological polar surface area (TPSA) is 122 Å². The molecule has 0 spiro atoms. The fraction of sp³-hybridized carbons (Fsp3) is 0.350. The number of likely N-dealkylation sites (N-methyl/N-ethyl adjacent to an activating group) is 1. The molecule has 0 radical (unpaired) electrons. The van der Waals surface area contributed by atoms with Gasteiger partial charge in [0.2, 0.25) is 5.91 Å². The molecule has 10 heteroatoms. The van der Waals surface area contributed by atoms with Crippen molar-refractivity contribution in [2.24, 2.45) is 0 Å². The molecule has 0 saturated heterocycles. The smallest absolute Gasteiger partial charge is 0.293 e. The summed E-state index contributed by atoms with van der Waals surface area (Å²) in [6.07, 6.45) is 0. The van der Waals surface area contributed by atoms with Gasteiger partial charge in [-0.15, -0.1) is 0 Å². The zero-order valence-electron chi connectivity index (χ0n) is 17.4. The van der Waals surface area contributed by atoms with Gasteiger partial charge in [-0.05, 0) is 52.0 Å². The van der Waals surface area contributed by atoms with Crippen molar-refractivity contribution in [1.82, 2.24) is 5.32 Å². The van der Waals surface area contributed by atoms with Crippen LogP contribution in [0.4, 0.5) is 17.1 Å². The molecule has 1 amide bonds. The summed E-state index contributed by atoms with van der Waals surface area (Å²) in [5, 5.41) is 14.5. The SMILES string of the molecule is CCN(CC(=O)NC(C)(C)C)c1ccc(S(=O)(=O)Nc2ccccc2)cc1[N+](=O)[O-]. The van der Waals surface area contributed by atoms with Gasteiger partial charge in [0, 0.05) is 23.8 Å². The van der Waals surface area contributed by atoms with Crippen molar-refractivity contribution in [3.8, 4) is 0 Å². The Morgan fingerprint density at radius 1 is 1.13 bits per heavy atom. The lowest BCUT2D eigenvalue weighted by Gasteiger charge is -2.26. The first kappa shape index (κ1) is 23.1. The van der Waals surface area contributed by atoms with Gasteiger partial charge in [0.15, 0.2) is 0 Å². The highest BCUT2D eigenvalue weighted by molar-refractivity contribution is 7.92. The molecule has 30 heavy (non-hydrogen) atoms. The van der Waals surface area contributed by atoms with Crippen LogP contribution in [0.5, 0.6) is 0 Å². The van der Waals surface area contributed by atoms with Gasteiger partial charge in [-0.25, -0.2) is 8.42 Å². The number of anilines is 2. The van der Waals surface area contributed by atoms with E-state index in [0.29, 0.717) is 12.2 Å². The minimum Gasteiger partial charge on any atom is -0.357 e. The molecular weight excluding hydrogens is 408 g/mol. The molecule has 162 valence electrons. The van der Waals surface area contributed by atoms with Gasteiger partial charge < -0.3 is 10.2 Å². The Morgan fingerprint density at radius 2 is 1.77 bits per heavy atom. The Balaban J connectivity index is 2.36. The number of sulfonamides is 1. The number of amides is 1. The molecule has 0 fully saturated rings. The van der Waals surface area contributed by atoms with Gasteiger partial charge in [-0.3, -0.25) is 19.6 Å². The van der Waals surface area contributed by atoms with E-state index in [2.05, 4.69) is 10.0 Å². The molecule has 0 unspecified atom stereocenters. The van der Waals surface area contributed by atoms with E-state index in [9.17, 15) is 23.3 Å². The van der Waals surface area contributed by atoms with Crippen molar-refractivity contribution in [3.05, 3.63) is 58.6 Å². The second kappa shape index (κ2) is 9.12. The van der Waals surface area contributed by atoms with E-state index in [-0.39, 0.29) is 23.0 Å². The van der Waals surface area contributed by atoms with Crippen LogP contribution < -0.4 is 14.9 Å². The van der Waals surface area contributed by atoms with E-state index >= 15 is 0 Å². The van der Waals surface area contributed by atoms with Crippen LogP contribution in [0.15, 0.2) is 53.4 Å². The fourth-order valence-corrected chi connectivity index (χ4v) is 3.88. The van der Waals surface area contributed by atoms with Crippen molar-refractivity contribution in [1.29, 1.82) is 0 Å². The van der Waals surface area contributed by atoms with Gasteiger partial charge in [-0.2, -0.15) is 0 Å². The third-order valence-electron chi connectivity index (χ3n) is 4.05. The highest BCUT2D eigenvalue weighted by Crippen LogP contribution is 2.31. The van der Waals surface area contributed by atoms with Crippen LogP contribution in [0.25, 0.3) is 0 Å². The molecule has 0 aliphatic heterocycles. The summed E-state index contributed by atoms with van der Waals surface area (Å²) in [6.45, 7) is 7.50. The van der Waals surface area contributed by atoms with Gasteiger partial charge in [0.25, 0.3) is 15.7 Å². The monoisotopic (exact) mass is 434 g/mol. The number of carbonyl (C=O) groups is 1. The predicted molar refractivity (Wildman–Crippen MR) is 116 cm³/mol. The Kier molecular flexibility index (Phi) is 7.04. The van der Waals surface area contributed by atoms with Gasteiger partial charge in [0.05, 0.1) is 16.4 Å². The van der Waals surface area contributed by atoms with E-state index in [1.807, 2.05) is 20.8 Å². The minimum absolute atomic E-state index is 0.0943. The molecule has 2 N–H and O–H groups in total. The van der Waals surface area contributed by atoms with Gasteiger partial charge >= 0.3 is 0 Å². The van der Waals surface area contributed by atoms with Crippen LogP contribution in [0.2, 0.25) is 0 Å². The number of nitro groups is 1. The normalized spacial score (nSPS) is 11.6. The number of nitro benzene ring substituents is 1. The minimum atomic E-state index is -4.02. The molecule has 2 rings (SSSR count). The molecule has 0 bridgehead atoms. The average Bonchev–Trinajstić information content (AvgIpc) is 2.64. The largest absolute Gasteiger partial charge is 0.357 e. The van der Waals surface area contributed by atoms with Crippen LogP contribution in [0, 0.1) is 10.1 Å². The lowest BCUT2D eigenvalue weighted by molar-refractivity contribution is -0.384. The Bertz CT molecular complexity index is 1020. The second-order valence-electron chi connectivity index (χ2n) is 7.69. The summed E-state index contributed by atoms with van der Waals surface area (Å²) >= 11 is 0. The Hall–Kier alpha value is -3.14. The maximum atomic E-state index is 12.7. The molecule has 0 saturated carbocycles. The lowest BCUT2D eigenvalue weighted by Crippen LogP contribution is -2.46. The van der Waals surface area contributed by atoms with Crippen molar-refractivity contribution >= 4 is 33.0 Å². The highest BCUT2D eigenvalue weighted by atomic mass is 32.2. The van der Waals surface area contributed by atoms with Crippen LogP contribution in [-0.4, -0.2) is 37.9 Å². The highest BCUT2D eigenvalue weighted by Gasteiger charge is 2.26. The summed E-state index contributed by atoms with van der Waals surface area (Å²) < 4.78 is 27.7. The maximum absolute atomic E-state index is 12.7. The molecule has 0 aromatic heterocycles. The molecule has 0 aliphatic rings. The number of nitrogens with one attached hydrogen (secondary N) is 2. The number of nitrogens with zero attached hydrogens (tertiary/aromatic N) is 2. The number of hydrogen-bond donors (Lipinski definition) is 2. The van der Waals surface area contributed by atoms with E-state index in [1.165, 1.54) is 17.0 Å². The van der Waals surface area contributed by atoms with E-state index in [0.717, 1.165) is 6.07 Å². The van der Waals surface area contributed by atoms with Crippen LogP contribution >= 0.6 is 0 Å². The summed E-state index contributed by atoms with van der Waals surface area (Å²) in [4.78, 5) is 24.6. The molecule has 0 atom stereocenters. The zero-order chi connectivity index (χ0) is 22.5. The molecular formula is C20H26N4O5S. The summed E-state index contributed by atoms with van der Waals surface area (Å²) in [6, 6.07) is 11.9. The van der Waals surface area contributed by atoms with Crippen LogP contribution in [-0.2, 0) is 14.8 Å². The van der Waals surface area contributed by atoms with E-state index in [4.69, 9.17) is 0 Å². The third-order valence-corrected chi connectivity index (χ3v) is 5.43. The van der Waals surface area contributed by atoms with Crippen molar-refractivity contribution in [2.45, 2.75) is 38.1 Å². The fourth-order valence-electron chi connectivity index (χ4n) is 2.80. The summed E-state index contributed by atoms with van der Waals surface area (Å²) in [7, 11) is -4.02. The molecule has 2 aromatic carbocycles. The first-order valence-corrected chi connectivity index (χ1v) is 10.8. The predicted octanol–water partition coefficient (Wildman–Crippen LogP) is 3.14. The first-order chi connectivity index (χ1) is 13.9. The van der Waals surface area contributed by atoms with Crippen LogP contribution in [0.1, 0.15) is 27.7 Å². The molecule has 2 aromatic rings. The second-order valence-corrected chi connectivity index (χ2v) is 9.37. The summed E-state index contributed by atoms with van der Waals surface area (Å²) in [5.74, 6) is -0.291. The summed E-state index contributed by atoms with van der Waals surface area (Å²) in [5.41, 5.74) is -0.316. The van der Waals surface area contributed by atoms with Crippen LogP contribution in [0.3, 0.4) is 0 Å². The number of benzene rings is 2. The zero-order valence-corrected chi connectivity index (χ0v) is 18.2. The number of carbonyl (C=O) groups excluding carboxylic acids is 1. The van der Waals surface area contributed by atoms with E-state index in [1.54, 1.807) is 37.3 Å². The quantitative estimate of drug-likeness (QED) is 0.486. The van der Waals surface area contributed by atoms with Gasteiger partial charge in [0.1, 0.15) is 5.69 Å². The lowest BCUT2D eigenvalue weighted by atomic mass is 10.1. The van der Waals surface area contributed by atoms with E-state index < -0.39 is 26.2 Å². The Morgan fingerprint density at radius 3 is 2.30 bits per heavy atom.